The first-order valence-electron chi connectivity index (χ1n) is 39.1. The van der Waals surface area contributed by atoms with Crippen LogP contribution >= 0.6 is 58.0 Å². The summed E-state index contributed by atoms with van der Waals surface area (Å²) in [5.74, 6) is 2.11. The van der Waals surface area contributed by atoms with Gasteiger partial charge >= 0.3 is 31.8 Å². The molecular weight excluding hydrogens is 1800 g/mol. The zero-order valence-electron chi connectivity index (χ0n) is 68.0. The Morgan fingerprint density at radius 1 is 0.312 bits per heavy atom. The molecule has 0 saturated heterocycles. The molecule has 0 unspecified atom stereocenters. The van der Waals surface area contributed by atoms with Crippen molar-refractivity contribution in [3.05, 3.63) is 295 Å². The largest absolute Gasteiger partial charge is 0.573 e. The van der Waals surface area contributed by atoms with Crippen molar-refractivity contribution in [2.75, 3.05) is 26.6 Å². The third-order valence-corrected chi connectivity index (χ3v) is 20.5. The second kappa shape index (κ2) is 40.7. The highest BCUT2D eigenvalue weighted by Gasteiger charge is 2.36. The Kier molecular flexibility index (Phi) is 30.2. The highest BCUT2D eigenvalue weighted by atomic mass is 35.5. The predicted molar refractivity (Wildman–Crippen MR) is 475 cm³/mol. The van der Waals surface area contributed by atoms with Gasteiger partial charge in [-0.1, -0.05) is 146 Å². The molecule has 5 N–H and O–H groups in total. The maximum Gasteiger partial charge on any atom is 0.573 e. The summed E-state index contributed by atoms with van der Waals surface area (Å²) in [5.41, 5.74) is 10.8. The van der Waals surface area contributed by atoms with Crippen molar-refractivity contribution in [3.8, 4) is 28.7 Å². The first-order chi connectivity index (χ1) is 60.5. The smallest absolute Gasteiger partial charge is 0.406 e. The first kappa shape index (κ1) is 94.8. The number of nitrogens with zero attached hydrogens (tertiary/aromatic N) is 5. The van der Waals surface area contributed by atoms with Crippen molar-refractivity contribution in [2.24, 2.45) is 5.92 Å². The van der Waals surface area contributed by atoms with Crippen LogP contribution in [0.2, 0.25) is 25.1 Å². The van der Waals surface area contributed by atoms with Gasteiger partial charge in [0.05, 0.1) is 52.7 Å². The average molecular weight is 1870 g/mol. The van der Waals surface area contributed by atoms with E-state index in [1.54, 1.807) is 86.6 Å². The Morgan fingerprint density at radius 3 is 0.930 bits per heavy atom. The molecule has 1 fully saturated rings. The van der Waals surface area contributed by atoms with Crippen molar-refractivity contribution in [1.82, 2.24) is 24.9 Å². The Balaban J connectivity index is 0.000000145. The van der Waals surface area contributed by atoms with Crippen LogP contribution in [0.4, 0.5) is 123 Å². The molecule has 0 aliphatic heterocycles. The molecule has 10 aromatic carbocycles. The molecule has 15 aromatic rings. The quantitative estimate of drug-likeness (QED) is 0.0456. The van der Waals surface area contributed by atoms with Crippen molar-refractivity contribution in [2.45, 2.75) is 111 Å². The second-order valence-electron chi connectivity index (χ2n) is 29.1. The van der Waals surface area contributed by atoms with Gasteiger partial charge < -0.3 is 50.3 Å². The number of ether oxygens (including phenoxy) is 5. The lowest BCUT2D eigenvalue weighted by Crippen LogP contribution is -2.17. The van der Waals surface area contributed by atoms with E-state index in [0.717, 1.165) is 51.0 Å². The maximum absolute atomic E-state index is 12.5. The highest BCUT2D eigenvalue weighted by molar-refractivity contribution is 6.37. The molecule has 1 aliphatic carbocycles. The Bertz CT molecular complexity index is 6490. The van der Waals surface area contributed by atoms with Gasteiger partial charge in [-0.25, -0.2) is 24.9 Å². The zero-order valence-corrected chi connectivity index (χ0v) is 71.8. The predicted octanol–water partition coefficient (Wildman–Crippen LogP) is 31.5. The van der Waals surface area contributed by atoms with Gasteiger partial charge in [-0.05, 0) is 267 Å². The molecule has 666 valence electrons. The minimum Gasteiger partial charge on any atom is -0.406 e. The fourth-order valence-electron chi connectivity index (χ4n) is 13.3. The summed E-state index contributed by atoms with van der Waals surface area (Å²) in [6, 6.07) is 65.5. The number of hydrogen-bond acceptors (Lipinski definition) is 15. The molecule has 0 atom stereocenters. The van der Waals surface area contributed by atoms with Crippen LogP contribution in [0.1, 0.15) is 79.8 Å². The van der Waals surface area contributed by atoms with Crippen LogP contribution < -0.4 is 50.3 Å². The summed E-state index contributed by atoms with van der Waals surface area (Å²) in [6.07, 6.45) is -20.0. The van der Waals surface area contributed by atoms with Gasteiger partial charge in [0.1, 0.15) is 57.8 Å². The van der Waals surface area contributed by atoms with Gasteiger partial charge in [0, 0.05) is 55.4 Å². The molecule has 5 heterocycles. The van der Waals surface area contributed by atoms with Crippen molar-refractivity contribution in [3.63, 3.8) is 0 Å². The lowest BCUT2D eigenvalue weighted by Gasteiger charge is -2.17. The summed E-state index contributed by atoms with van der Waals surface area (Å²) in [7, 11) is 0. The SMILES string of the molecule is CC(C)Cc1cc(OC(F)(F)F)ccc1Nc1ccc2cccc(Cl)c2n1.CCc1cc(OC(F)(F)F)cc(C)c1Nc1ccc2cccc(Cl)c2n1.CCc1cc(OC(F)(F)F)ccc1Nc1ccc2cccc(Cl)c2n1.Cc1cc(OC(F)(F)F)ccc1Nc1ccc2cccc(Cl)c2n1.FC(F)(F)Oc1ccc(Nc2ccc3cccc(Cl)c3n2)c(C2CC2)c1. The number of nitrogens with one attached hydrogen (secondary N) is 5. The van der Waals surface area contributed by atoms with Crippen LogP contribution in [-0.4, -0.2) is 56.7 Å². The van der Waals surface area contributed by atoms with Gasteiger partial charge in [-0.3, -0.25) is 0 Å². The third kappa shape index (κ3) is 27.1. The molecule has 1 saturated carbocycles. The molecule has 0 amide bonds. The zero-order chi connectivity index (χ0) is 92.2. The number of benzene rings is 10. The fraction of sp³-hybridized carbons (Fsp3) is 0.194. The van der Waals surface area contributed by atoms with E-state index >= 15 is 0 Å². The van der Waals surface area contributed by atoms with E-state index in [1.165, 1.54) is 66.7 Å². The van der Waals surface area contributed by atoms with Gasteiger partial charge in [-0.2, -0.15) is 0 Å². The Labute approximate surface area is 747 Å². The summed E-state index contributed by atoms with van der Waals surface area (Å²) < 4.78 is 206. The molecule has 128 heavy (non-hydrogen) atoms. The number of anilines is 10. The second-order valence-corrected chi connectivity index (χ2v) is 31.2. The summed E-state index contributed by atoms with van der Waals surface area (Å²) in [4.78, 5) is 22.5. The Morgan fingerprint density at radius 2 is 0.594 bits per heavy atom. The van der Waals surface area contributed by atoms with Crippen LogP contribution in [0.3, 0.4) is 0 Å². The van der Waals surface area contributed by atoms with Crippen LogP contribution in [0.5, 0.6) is 28.7 Å². The fourth-order valence-corrected chi connectivity index (χ4v) is 14.4. The van der Waals surface area contributed by atoms with Gasteiger partial charge in [0.15, 0.2) is 0 Å². The number of aromatic nitrogens is 5. The molecule has 5 aromatic heterocycles. The van der Waals surface area contributed by atoms with Gasteiger partial charge in [0.25, 0.3) is 0 Å². The van der Waals surface area contributed by atoms with Crippen LogP contribution in [0.15, 0.2) is 237 Å². The normalized spacial score (nSPS) is 12.2. The van der Waals surface area contributed by atoms with E-state index in [2.05, 4.69) is 75.2 Å². The lowest BCUT2D eigenvalue weighted by molar-refractivity contribution is -0.275. The van der Waals surface area contributed by atoms with Gasteiger partial charge in [-0.15, -0.1) is 65.9 Å². The molecule has 15 nitrogen and oxygen atoms in total. The van der Waals surface area contributed by atoms with E-state index in [9.17, 15) is 65.9 Å². The number of halogens is 20. The summed E-state index contributed by atoms with van der Waals surface area (Å²) in [5, 5.41) is 23.0. The molecule has 0 bridgehead atoms. The number of hydrogen-bond donors (Lipinski definition) is 5. The van der Waals surface area contributed by atoms with E-state index in [1.807, 2.05) is 125 Å². The average Bonchev–Trinajstić information content (AvgIpc) is 1.69. The van der Waals surface area contributed by atoms with Crippen molar-refractivity contribution >= 4 is 170 Å². The first-order valence-corrected chi connectivity index (χ1v) is 41.0. The molecule has 35 heteroatoms. The summed E-state index contributed by atoms with van der Waals surface area (Å²) >= 11 is 30.9. The van der Waals surface area contributed by atoms with E-state index in [-0.39, 0.29) is 40.6 Å². The minimum atomic E-state index is -4.72. The molecule has 16 rings (SSSR count). The van der Waals surface area contributed by atoms with Crippen LogP contribution in [0, 0.1) is 19.8 Å². The number of pyridine rings is 5. The van der Waals surface area contributed by atoms with E-state index < -0.39 is 31.8 Å². The molecule has 0 radical (unpaired) electrons. The number of rotatable bonds is 20. The standard InChI is InChI=1S/C20H18ClF3N2O.C19H14ClF3N2O.C19H16ClF3N2O.C18H14ClF3N2O.C17H12ClF3N2O/c1-12(2)10-14-11-15(27-20(22,23)24)7-8-17(14)25-18-9-6-13-4-3-5-16(21)19(13)26-18;20-15-3-1-2-12-6-9-17(25-18(12)15)24-16-8-7-13(26-19(21,22)23)10-14(16)11-4-5-11;1-3-12-10-14(26-19(21,22)23)9-11(2)17(12)24-16-8-7-13-5-4-6-15(20)18(13)25-16;1-2-11-10-13(25-18(20,21)22)7-8-15(11)23-16-9-6-12-4-3-5-14(19)17(12)24-16;1-10-9-12(24-17(19,20)21)6-7-14(10)22-15-8-5-11-3-2-4-13(18)16(11)23-15/h3-9,11-12H,10H2,1-2H3,(H,25,26);1-3,6-11H,4-5H2,(H,24,25);4-10H,3H2,1-2H3,(H,24,25);3-10H,2H2,1H3,(H,23,24);2-9H,1H3,(H,22,23). The number of fused-ring (bicyclic) bond motifs is 5. The summed E-state index contributed by atoms with van der Waals surface area (Å²) in [6.45, 7) is 11.1. The molecule has 1 aliphatic rings. The van der Waals surface area contributed by atoms with Crippen LogP contribution in [-0.2, 0) is 19.3 Å². The van der Waals surface area contributed by atoms with E-state index in [0.29, 0.717) is 152 Å². The molecule has 0 spiro atoms. The van der Waals surface area contributed by atoms with Crippen LogP contribution in [0.25, 0.3) is 54.5 Å². The van der Waals surface area contributed by atoms with Crippen molar-refractivity contribution < 1.29 is 89.5 Å². The number of para-hydroxylation sites is 5. The topological polar surface area (TPSA) is 171 Å². The van der Waals surface area contributed by atoms with E-state index in [4.69, 9.17) is 58.0 Å². The number of aryl methyl sites for hydroxylation is 4. The maximum atomic E-state index is 12.5. The minimum absolute atomic E-state index is 0.209. The van der Waals surface area contributed by atoms with Crippen molar-refractivity contribution in [1.29, 1.82) is 0 Å². The Hall–Kier alpha value is -12.4. The number of alkyl halides is 15. The third-order valence-electron chi connectivity index (χ3n) is 19.0. The monoisotopic (exact) mass is 1870 g/mol. The lowest BCUT2D eigenvalue weighted by atomic mass is 10.0. The van der Waals surface area contributed by atoms with Gasteiger partial charge in [0.2, 0.25) is 0 Å². The highest BCUT2D eigenvalue weighted by Crippen LogP contribution is 2.47. The molecular formula is C93H74Cl5F15N10O5.